The molecule has 0 spiro atoms. The highest BCUT2D eigenvalue weighted by atomic mass is 31.1. The van der Waals surface area contributed by atoms with Gasteiger partial charge in [-0.05, 0) is 31.3 Å². The number of hydrogen-bond donors (Lipinski definition) is 0. The summed E-state index contributed by atoms with van der Waals surface area (Å²) in [6.07, 6.45) is 23.7. The van der Waals surface area contributed by atoms with E-state index in [2.05, 4.69) is 20.8 Å². The lowest BCUT2D eigenvalue weighted by atomic mass is 10.1. The van der Waals surface area contributed by atoms with Crippen molar-refractivity contribution in [3.8, 4) is 0 Å². The van der Waals surface area contributed by atoms with E-state index in [1.807, 2.05) is 0 Å². The zero-order chi connectivity index (χ0) is 14.9. The first-order chi connectivity index (χ1) is 9.85. The van der Waals surface area contributed by atoms with Crippen molar-refractivity contribution in [3.63, 3.8) is 0 Å². The molecule has 122 valence electrons. The van der Waals surface area contributed by atoms with Crippen LogP contribution in [0.15, 0.2) is 0 Å². The van der Waals surface area contributed by atoms with Gasteiger partial charge in [0.1, 0.15) is 0 Å². The minimum atomic E-state index is 0.390. The standard InChI is InChI=1S/C19H41P/c1-4-7-9-11-13-15-18-20(17-6-3)19-16-14-12-10-8-5-2/h4-19H2,1-3H3. The number of hydrogen-bond acceptors (Lipinski definition) is 0. The normalized spacial score (nSPS) is 11.4. The van der Waals surface area contributed by atoms with Crippen molar-refractivity contribution in [1.82, 2.24) is 0 Å². The van der Waals surface area contributed by atoms with Crippen LogP contribution >= 0.6 is 7.92 Å². The molecule has 0 N–H and O–H groups in total. The van der Waals surface area contributed by atoms with Crippen LogP contribution < -0.4 is 0 Å². The van der Waals surface area contributed by atoms with Gasteiger partial charge in [0, 0.05) is 0 Å². The fraction of sp³-hybridized carbons (Fsp3) is 1.00. The van der Waals surface area contributed by atoms with E-state index in [1.165, 1.54) is 83.5 Å². The van der Waals surface area contributed by atoms with E-state index in [-0.39, 0.29) is 0 Å². The highest BCUT2D eigenvalue weighted by Gasteiger charge is 2.06. The molecule has 0 saturated carbocycles. The van der Waals surface area contributed by atoms with Crippen molar-refractivity contribution in [2.45, 2.75) is 104 Å². The summed E-state index contributed by atoms with van der Waals surface area (Å²) in [5.41, 5.74) is 0. The fourth-order valence-electron chi connectivity index (χ4n) is 2.88. The van der Waals surface area contributed by atoms with Crippen molar-refractivity contribution >= 4 is 7.92 Å². The molecule has 0 atom stereocenters. The summed E-state index contributed by atoms with van der Waals surface area (Å²) >= 11 is 0. The van der Waals surface area contributed by atoms with E-state index in [0.29, 0.717) is 7.92 Å². The first-order valence-electron chi connectivity index (χ1n) is 9.57. The van der Waals surface area contributed by atoms with Crippen molar-refractivity contribution in [1.29, 1.82) is 0 Å². The highest BCUT2D eigenvalue weighted by molar-refractivity contribution is 7.57. The third-order valence-corrected chi connectivity index (χ3v) is 7.17. The van der Waals surface area contributed by atoms with E-state index in [9.17, 15) is 0 Å². The molecule has 0 aromatic heterocycles. The average Bonchev–Trinajstić information content (AvgIpc) is 2.46. The van der Waals surface area contributed by atoms with Crippen LogP contribution in [0.5, 0.6) is 0 Å². The average molecular weight is 301 g/mol. The maximum Gasteiger partial charge on any atom is -0.0326 e. The zero-order valence-electron chi connectivity index (χ0n) is 14.8. The Hall–Kier alpha value is 0.430. The van der Waals surface area contributed by atoms with Gasteiger partial charge in [-0.3, -0.25) is 0 Å². The molecule has 0 amide bonds. The second-order valence-electron chi connectivity index (χ2n) is 6.38. The second kappa shape index (κ2) is 17.5. The first kappa shape index (κ1) is 20.4. The van der Waals surface area contributed by atoms with Crippen LogP contribution in [0.2, 0.25) is 0 Å². The molecule has 0 aromatic carbocycles. The highest BCUT2D eigenvalue weighted by Crippen LogP contribution is 2.38. The molecule has 0 aromatic rings. The topological polar surface area (TPSA) is 0 Å². The van der Waals surface area contributed by atoms with Gasteiger partial charge in [0.2, 0.25) is 0 Å². The number of rotatable bonds is 16. The lowest BCUT2D eigenvalue weighted by Crippen LogP contribution is -1.96. The quantitative estimate of drug-likeness (QED) is 0.203. The van der Waals surface area contributed by atoms with Gasteiger partial charge in [-0.25, -0.2) is 0 Å². The molecular weight excluding hydrogens is 259 g/mol. The van der Waals surface area contributed by atoms with Crippen LogP contribution in [-0.4, -0.2) is 18.5 Å². The molecule has 0 aliphatic carbocycles. The molecule has 0 nitrogen and oxygen atoms in total. The van der Waals surface area contributed by atoms with Crippen molar-refractivity contribution < 1.29 is 0 Å². The van der Waals surface area contributed by atoms with Crippen LogP contribution in [0, 0.1) is 0 Å². The largest absolute Gasteiger partial charge is 0.107 e. The summed E-state index contributed by atoms with van der Waals surface area (Å²) < 4.78 is 0. The molecule has 0 fully saturated rings. The Labute approximate surface area is 131 Å². The van der Waals surface area contributed by atoms with Crippen LogP contribution in [0.3, 0.4) is 0 Å². The molecule has 20 heavy (non-hydrogen) atoms. The van der Waals surface area contributed by atoms with Crippen molar-refractivity contribution in [3.05, 3.63) is 0 Å². The van der Waals surface area contributed by atoms with E-state index >= 15 is 0 Å². The Morgan fingerprint density at radius 1 is 0.400 bits per heavy atom. The third kappa shape index (κ3) is 14.8. The van der Waals surface area contributed by atoms with E-state index < -0.39 is 0 Å². The maximum absolute atomic E-state index is 2.37. The molecule has 0 radical (unpaired) electrons. The van der Waals surface area contributed by atoms with Crippen LogP contribution in [0.4, 0.5) is 0 Å². The predicted octanol–water partition coefficient (Wildman–Crippen LogP) is 7.60. The molecule has 0 heterocycles. The maximum atomic E-state index is 2.37. The van der Waals surface area contributed by atoms with Gasteiger partial charge in [-0.15, -0.1) is 7.92 Å². The predicted molar refractivity (Wildman–Crippen MR) is 98.6 cm³/mol. The molecule has 0 rings (SSSR count). The van der Waals surface area contributed by atoms with Crippen LogP contribution in [0.1, 0.15) is 104 Å². The zero-order valence-corrected chi connectivity index (χ0v) is 15.7. The van der Waals surface area contributed by atoms with Gasteiger partial charge in [-0.2, -0.15) is 0 Å². The van der Waals surface area contributed by atoms with E-state index in [0.717, 1.165) is 0 Å². The lowest BCUT2D eigenvalue weighted by molar-refractivity contribution is 0.621. The Kier molecular flexibility index (Phi) is 17.9. The van der Waals surface area contributed by atoms with Crippen LogP contribution in [-0.2, 0) is 0 Å². The second-order valence-corrected chi connectivity index (χ2v) is 9.06. The Bertz CT molecular complexity index is 151. The van der Waals surface area contributed by atoms with Gasteiger partial charge < -0.3 is 0 Å². The Morgan fingerprint density at radius 2 is 0.800 bits per heavy atom. The third-order valence-electron chi connectivity index (χ3n) is 4.20. The summed E-state index contributed by atoms with van der Waals surface area (Å²) in [5, 5.41) is 0. The van der Waals surface area contributed by atoms with E-state index in [4.69, 9.17) is 0 Å². The van der Waals surface area contributed by atoms with Gasteiger partial charge in [0.15, 0.2) is 0 Å². The first-order valence-corrected chi connectivity index (χ1v) is 11.5. The van der Waals surface area contributed by atoms with Crippen molar-refractivity contribution in [2.24, 2.45) is 0 Å². The minimum Gasteiger partial charge on any atom is -0.107 e. The molecular formula is C19H41P. The van der Waals surface area contributed by atoms with Crippen molar-refractivity contribution in [2.75, 3.05) is 18.5 Å². The molecule has 0 bridgehead atoms. The Balaban J connectivity index is 3.45. The summed E-state index contributed by atoms with van der Waals surface area (Å²) in [4.78, 5) is 0. The summed E-state index contributed by atoms with van der Waals surface area (Å²) in [6, 6.07) is 0. The fourth-order valence-corrected chi connectivity index (χ4v) is 5.53. The number of unbranched alkanes of at least 4 members (excludes halogenated alkanes) is 10. The van der Waals surface area contributed by atoms with Gasteiger partial charge >= 0.3 is 0 Å². The summed E-state index contributed by atoms with van der Waals surface area (Å²) in [6.45, 7) is 6.99. The smallest absolute Gasteiger partial charge is 0.0326 e. The minimum absolute atomic E-state index is 0.390. The van der Waals surface area contributed by atoms with Gasteiger partial charge in [0.25, 0.3) is 0 Å². The monoisotopic (exact) mass is 300 g/mol. The molecule has 1 heteroatoms. The molecule has 0 unspecified atom stereocenters. The Morgan fingerprint density at radius 3 is 1.20 bits per heavy atom. The lowest BCUT2D eigenvalue weighted by Gasteiger charge is -2.17. The molecule has 0 aliphatic rings. The van der Waals surface area contributed by atoms with E-state index in [1.54, 1.807) is 18.5 Å². The summed E-state index contributed by atoms with van der Waals surface area (Å²) in [5.74, 6) is 0. The van der Waals surface area contributed by atoms with Gasteiger partial charge in [0.05, 0.1) is 0 Å². The molecule has 0 aliphatic heterocycles. The van der Waals surface area contributed by atoms with Gasteiger partial charge in [-0.1, -0.05) is 91.4 Å². The SMILES string of the molecule is CCCCCCCCP(CCC)CCCCCCCC. The molecule has 0 saturated heterocycles. The van der Waals surface area contributed by atoms with Crippen LogP contribution in [0.25, 0.3) is 0 Å². The summed E-state index contributed by atoms with van der Waals surface area (Å²) in [7, 11) is 0.390.